The minimum Gasteiger partial charge on any atom is -0.344 e. The first-order valence-electron chi connectivity index (χ1n) is 7.06. The summed E-state index contributed by atoms with van der Waals surface area (Å²) in [5, 5.41) is 2.49. The first kappa shape index (κ1) is 13.1. The van der Waals surface area contributed by atoms with Crippen molar-refractivity contribution in [3.8, 4) is 0 Å². The Balaban J connectivity index is 2.07. The maximum Gasteiger partial charge on any atom is 0.0519 e. The van der Waals surface area contributed by atoms with E-state index >= 15 is 0 Å². The predicted molar refractivity (Wildman–Crippen MR) is 84.8 cm³/mol. The number of fused-ring (bicyclic) bond motifs is 3. The molecule has 0 bridgehead atoms. The number of aryl methyl sites for hydroxylation is 2. The maximum absolute atomic E-state index is 6.07. The smallest absolute Gasteiger partial charge is 0.0519 e. The molecule has 0 radical (unpaired) electrons. The molecule has 20 heavy (non-hydrogen) atoms. The standard InChI is InChI=1S/C17H21N3/c1-17(2,18)8-6-12-4-5-13-14-11-19-9-7-15(14)20(3)16(13)10-12/h4-5,7,9-11H,6,8,18H2,1-3H3. The van der Waals surface area contributed by atoms with Gasteiger partial charge in [-0.2, -0.15) is 0 Å². The Hall–Kier alpha value is -1.87. The molecule has 2 N–H and O–H groups in total. The van der Waals surface area contributed by atoms with E-state index in [0.29, 0.717) is 0 Å². The third-order valence-corrected chi connectivity index (χ3v) is 3.93. The van der Waals surface area contributed by atoms with Crippen molar-refractivity contribution in [2.24, 2.45) is 12.8 Å². The quantitative estimate of drug-likeness (QED) is 0.790. The molecule has 0 saturated carbocycles. The first-order valence-corrected chi connectivity index (χ1v) is 7.06. The lowest BCUT2D eigenvalue weighted by atomic mass is 9.96. The van der Waals surface area contributed by atoms with Gasteiger partial charge < -0.3 is 10.3 Å². The Morgan fingerprint density at radius 3 is 2.70 bits per heavy atom. The van der Waals surface area contributed by atoms with Gasteiger partial charge in [0.15, 0.2) is 0 Å². The SMILES string of the molecule is Cn1c2ccncc2c2ccc(CCC(C)(C)N)cc21. The fraction of sp³-hybridized carbons (Fsp3) is 0.353. The predicted octanol–water partition coefficient (Wildman–Crippen LogP) is 3.40. The van der Waals surface area contributed by atoms with E-state index in [1.165, 1.54) is 27.4 Å². The van der Waals surface area contributed by atoms with Gasteiger partial charge in [0, 0.05) is 41.3 Å². The van der Waals surface area contributed by atoms with Crippen LogP contribution in [0.5, 0.6) is 0 Å². The van der Waals surface area contributed by atoms with Crippen LogP contribution in [0, 0.1) is 0 Å². The van der Waals surface area contributed by atoms with Gasteiger partial charge in [-0.05, 0) is 44.4 Å². The van der Waals surface area contributed by atoms with E-state index in [9.17, 15) is 0 Å². The lowest BCUT2D eigenvalue weighted by molar-refractivity contribution is 0.477. The highest BCUT2D eigenvalue weighted by molar-refractivity contribution is 6.07. The third kappa shape index (κ3) is 2.29. The summed E-state index contributed by atoms with van der Waals surface area (Å²) in [6.45, 7) is 4.15. The average molecular weight is 267 g/mol. The lowest BCUT2D eigenvalue weighted by Crippen LogP contribution is -2.32. The molecule has 0 spiro atoms. The highest BCUT2D eigenvalue weighted by Gasteiger charge is 2.12. The van der Waals surface area contributed by atoms with Crippen molar-refractivity contribution in [3.05, 3.63) is 42.2 Å². The van der Waals surface area contributed by atoms with Gasteiger partial charge in [-0.3, -0.25) is 4.98 Å². The van der Waals surface area contributed by atoms with Crippen LogP contribution in [-0.4, -0.2) is 15.1 Å². The summed E-state index contributed by atoms with van der Waals surface area (Å²) in [5.74, 6) is 0. The van der Waals surface area contributed by atoms with E-state index < -0.39 is 0 Å². The van der Waals surface area contributed by atoms with Crippen LogP contribution >= 0.6 is 0 Å². The Bertz CT molecular complexity index is 763. The Morgan fingerprint density at radius 1 is 1.15 bits per heavy atom. The summed E-state index contributed by atoms with van der Waals surface area (Å²) in [5.41, 5.74) is 9.80. The molecule has 104 valence electrons. The van der Waals surface area contributed by atoms with Gasteiger partial charge in [0.25, 0.3) is 0 Å². The molecule has 1 aromatic carbocycles. The summed E-state index contributed by atoms with van der Waals surface area (Å²) in [6, 6.07) is 8.76. The molecule has 0 aliphatic carbocycles. The van der Waals surface area contributed by atoms with Gasteiger partial charge >= 0.3 is 0 Å². The molecular weight excluding hydrogens is 246 g/mol. The minimum atomic E-state index is -0.113. The largest absolute Gasteiger partial charge is 0.344 e. The molecule has 3 rings (SSSR count). The zero-order valence-electron chi connectivity index (χ0n) is 12.4. The molecule has 0 unspecified atom stereocenters. The molecule has 0 aliphatic rings. The zero-order chi connectivity index (χ0) is 14.3. The monoisotopic (exact) mass is 267 g/mol. The summed E-state index contributed by atoms with van der Waals surface area (Å²) < 4.78 is 2.24. The van der Waals surface area contributed by atoms with Crippen molar-refractivity contribution in [3.63, 3.8) is 0 Å². The second-order valence-corrected chi connectivity index (χ2v) is 6.29. The molecule has 3 aromatic rings. The normalized spacial score (nSPS) is 12.4. The van der Waals surface area contributed by atoms with Crippen LogP contribution in [0.2, 0.25) is 0 Å². The van der Waals surface area contributed by atoms with Crippen LogP contribution in [0.25, 0.3) is 21.8 Å². The van der Waals surface area contributed by atoms with E-state index in [0.717, 1.165) is 12.8 Å². The summed E-state index contributed by atoms with van der Waals surface area (Å²) in [4.78, 5) is 4.24. The van der Waals surface area contributed by atoms with Gasteiger partial charge in [-0.15, -0.1) is 0 Å². The highest BCUT2D eigenvalue weighted by Crippen LogP contribution is 2.28. The van der Waals surface area contributed by atoms with E-state index in [-0.39, 0.29) is 5.54 Å². The summed E-state index contributed by atoms with van der Waals surface area (Å²) >= 11 is 0. The number of aromatic nitrogens is 2. The van der Waals surface area contributed by atoms with Crippen LogP contribution in [0.15, 0.2) is 36.7 Å². The second kappa shape index (κ2) is 4.60. The van der Waals surface area contributed by atoms with Gasteiger partial charge in [0.05, 0.1) is 5.52 Å². The van der Waals surface area contributed by atoms with Crippen LogP contribution in [0.4, 0.5) is 0 Å². The van der Waals surface area contributed by atoms with E-state index in [2.05, 4.69) is 54.7 Å². The third-order valence-electron chi connectivity index (χ3n) is 3.93. The minimum absolute atomic E-state index is 0.113. The number of rotatable bonds is 3. The van der Waals surface area contributed by atoms with Crippen LogP contribution in [0.1, 0.15) is 25.8 Å². The molecule has 3 heteroatoms. The number of hydrogen-bond acceptors (Lipinski definition) is 2. The zero-order valence-corrected chi connectivity index (χ0v) is 12.4. The van der Waals surface area contributed by atoms with Gasteiger partial charge in [-0.25, -0.2) is 0 Å². The molecule has 0 aliphatic heterocycles. The van der Waals surface area contributed by atoms with Gasteiger partial charge in [-0.1, -0.05) is 12.1 Å². The molecule has 0 saturated heterocycles. The van der Waals surface area contributed by atoms with Crippen LogP contribution < -0.4 is 5.73 Å². The molecule has 2 heterocycles. The van der Waals surface area contributed by atoms with E-state index in [1.807, 2.05) is 12.4 Å². The highest BCUT2D eigenvalue weighted by atomic mass is 14.9. The molecule has 3 nitrogen and oxygen atoms in total. The van der Waals surface area contributed by atoms with Crippen molar-refractivity contribution in [1.29, 1.82) is 0 Å². The topological polar surface area (TPSA) is 43.8 Å². The number of nitrogens with zero attached hydrogens (tertiary/aromatic N) is 2. The van der Waals surface area contributed by atoms with Crippen molar-refractivity contribution < 1.29 is 0 Å². The van der Waals surface area contributed by atoms with Gasteiger partial charge in [0.1, 0.15) is 0 Å². The number of benzene rings is 1. The fourth-order valence-corrected chi connectivity index (χ4v) is 2.72. The molecule has 0 fully saturated rings. The summed E-state index contributed by atoms with van der Waals surface area (Å²) in [7, 11) is 2.11. The van der Waals surface area contributed by atoms with E-state index in [1.54, 1.807) is 0 Å². The number of hydrogen-bond donors (Lipinski definition) is 1. The van der Waals surface area contributed by atoms with Gasteiger partial charge in [0.2, 0.25) is 0 Å². The molecular formula is C17H21N3. The number of pyridine rings is 1. The molecule has 2 aromatic heterocycles. The Labute approximate surface area is 119 Å². The van der Waals surface area contributed by atoms with Crippen molar-refractivity contribution in [2.45, 2.75) is 32.2 Å². The van der Waals surface area contributed by atoms with Crippen LogP contribution in [-0.2, 0) is 13.5 Å². The fourth-order valence-electron chi connectivity index (χ4n) is 2.72. The average Bonchev–Trinajstić information content (AvgIpc) is 2.70. The maximum atomic E-state index is 6.07. The van der Waals surface area contributed by atoms with Crippen LogP contribution in [0.3, 0.4) is 0 Å². The lowest BCUT2D eigenvalue weighted by Gasteiger charge is -2.18. The second-order valence-electron chi connectivity index (χ2n) is 6.29. The number of nitrogens with two attached hydrogens (primary N) is 1. The molecule has 0 atom stereocenters. The Morgan fingerprint density at radius 2 is 1.95 bits per heavy atom. The van der Waals surface area contributed by atoms with Crippen molar-refractivity contribution in [2.75, 3.05) is 0 Å². The first-order chi connectivity index (χ1) is 9.46. The molecule has 0 amide bonds. The van der Waals surface area contributed by atoms with Crippen molar-refractivity contribution >= 4 is 21.8 Å². The summed E-state index contributed by atoms with van der Waals surface area (Å²) in [6.07, 6.45) is 5.79. The Kier molecular flexibility index (Phi) is 3.02. The van der Waals surface area contributed by atoms with E-state index in [4.69, 9.17) is 5.73 Å². The van der Waals surface area contributed by atoms with Crippen molar-refractivity contribution in [1.82, 2.24) is 9.55 Å².